The van der Waals surface area contributed by atoms with Gasteiger partial charge in [-0.3, -0.25) is 19.2 Å². The first kappa shape index (κ1) is 33.6. The van der Waals surface area contributed by atoms with Gasteiger partial charge in [0.15, 0.2) is 23.1 Å². The number of carbonyl (C=O) groups excluding carboxylic acids is 4. The zero-order valence-corrected chi connectivity index (χ0v) is 24.5. The van der Waals surface area contributed by atoms with E-state index in [1.807, 2.05) is 41.5 Å². The quantitative estimate of drug-likeness (QED) is 0.285. The minimum Gasteiger partial charge on any atom is -0.367 e. The molecule has 0 fully saturated rings. The topological polar surface area (TPSA) is 96.0 Å². The summed E-state index contributed by atoms with van der Waals surface area (Å²) in [6.45, 7) is 22.5. The van der Waals surface area contributed by atoms with Gasteiger partial charge in [-0.15, -0.1) is 0 Å². The number of carbonyl (C=O) groups is 4. The van der Waals surface area contributed by atoms with Crippen LogP contribution in [0.15, 0.2) is 0 Å². The standard InChI is InChI=1S/C28H50O7/c1-14-26(11,22(31)20(5)35-28(13,16-3)23(32)24(6,7)8)25(9,10)33-18-21(30)27(12,15-2)34-17-19(4)29/h20H,14-18H2,1-13H3. The predicted molar refractivity (Wildman–Crippen MR) is 137 cm³/mol. The summed E-state index contributed by atoms with van der Waals surface area (Å²) in [6, 6.07) is 0. The van der Waals surface area contributed by atoms with Gasteiger partial charge in [0.2, 0.25) is 0 Å². The van der Waals surface area contributed by atoms with Gasteiger partial charge in [0, 0.05) is 5.41 Å². The normalized spacial score (nSPS) is 18.7. The predicted octanol–water partition coefficient (Wildman–Crippen LogP) is 5.30. The molecule has 4 atom stereocenters. The third kappa shape index (κ3) is 8.02. The van der Waals surface area contributed by atoms with Gasteiger partial charge in [0.05, 0.1) is 11.0 Å². The van der Waals surface area contributed by atoms with E-state index in [-0.39, 0.29) is 36.3 Å². The molecule has 0 aliphatic rings. The molecular formula is C28H50O7. The molecule has 0 saturated heterocycles. The smallest absolute Gasteiger partial charge is 0.189 e. The van der Waals surface area contributed by atoms with Crippen molar-refractivity contribution in [3.8, 4) is 0 Å². The lowest BCUT2D eigenvalue weighted by atomic mass is 9.68. The Kier molecular flexibility index (Phi) is 11.7. The molecule has 7 heteroatoms. The fraction of sp³-hybridized carbons (Fsp3) is 0.857. The van der Waals surface area contributed by atoms with Gasteiger partial charge in [-0.1, -0.05) is 41.5 Å². The summed E-state index contributed by atoms with van der Waals surface area (Å²) in [6.07, 6.45) is 0.417. The van der Waals surface area contributed by atoms with Gasteiger partial charge in [0.25, 0.3) is 0 Å². The highest BCUT2D eigenvalue weighted by Crippen LogP contribution is 2.41. The highest BCUT2D eigenvalue weighted by molar-refractivity contribution is 5.93. The molecule has 0 N–H and O–H groups in total. The maximum Gasteiger partial charge on any atom is 0.189 e. The Hall–Kier alpha value is -1.44. The highest BCUT2D eigenvalue weighted by atomic mass is 16.5. The molecular weight excluding hydrogens is 448 g/mol. The summed E-state index contributed by atoms with van der Waals surface area (Å²) in [7, 11) is 0. The fourth-order valence-corrected chi connectivity index (χ4v) is 4.08. The van der Waals surface area contributed by atoms with Crippen LogP contribution in [-0.2, 0) is 33.4 Å². The van der Waals surface area contributed by atoms with Gasteiger partial charge in [-0.2, -0.15) is 0 Å². The summed E-state index contributed by atoms with van der Waals surface area (Å²) < 4.78 is 17.8. The van der Waals surface area contributed by atoms with Crippen LogP contribution in [0.1, 0.15) is 109 Å². The Balaban J connectivity index is 5.74. The SMILES string of the molecule is CCC(C)(OCC(C)=O)C(=O)COC(C)(C)C(C)(CC)C(=O)C(C)OC(C)(CC)C(=O)C(C)(C)C. The maximum atomic E-state index is 13.7. The van der Waals surface area contributed by atoms with Crippen LogP contribution in [0, 0.1) is 10.8 Å². The molecule has 0 bridgehead atoms. The van der Waals surface area contributed by atoms with Crippen molar-refractivity contribution in [2.24, 2.45) is 10.8 Å². The molecule has 0 aromatic heterocycles. The Morgan fingerprint density at radius 2 is 1.20 bits per heavy atom. The van der Waals surface area contributed by atoms with E-state index in [0.29, 0.717) is 19.3 Å². The molecule has 0 radical (unpaired) electrons. The molecule has 0 amide bonds. The van der Waals surface area contributed by atoms with Crippen LogP contribution in [0.5, 0.6) is 0 Å². The van der Waals surface area contributed by atoms with Gasteiger partial charge >= 0.3 is 0 Å². The van der Waals surface area contributed by atoms with E-state index in [4.69, 9.17) is 14.2 Å². The van der Waals surface area contributed by atoms with E-state index >= 15 is 0 Å². The number of rotatable bonds is 16. The van der Waals surface area contributed by atoms with Crippen molar-refractivity contribution in [2.75, 3.05) is 13.2 Å². The lowest BCUT2D eigenvalue weighted by Crippen LogP contribution is -2.56. The minimum absolute atomic E-state index is 0.0594. The van der Waals surface area contributed by atoms with Gasteiger partial charge in [0.1, 0.15) is 30.5 Å². The number of hydrogen-bond acceptors (Lipinski definition) is 7. The molecule has 4 unspecified atom stereocenters. The monoisotopic (exact) mass is 498 g/mol. The van der Waals surface area contributed by atoms with Crippen LogP contribution in [0.4, 0.5) is 0 Å². The van der Waals surface area contributed by atoms with E-state index < -0.39 is 33.7 Å². The third-order valence-corrected chi connectivity index (χ3v) is 7.64. The van der Waals surface area contributed by atoms with Crippen molar-refractivity contribution < 1.29 is 33.4 Å². The molecule has 0 aliphatic carbocycles. The Morgan fingerprint density at radius 1 is 0.714 bits per heavy atom. The van der Waals surface area contributed by atoms with Crippen LogP contribution in [0.25, 0.3) is 0 Å². The van der Waals surface area contributed by atoms with E-state index in [1.54, 1.807) is 41.5 Å². The highest BCUT2D eigenvalue weighted by Gasteiger charge is 2.51. The average Bonchev–Trinajstić information content (AvgIpc) is 2.78. The minimum atomic E-state index is -1.15. The zero-order valence-electron chi connectivity index (χ0n) is 24.5. The first-order chi connectivity index (χ1) is 15.7. The summed E-state index contributed by atoms with van der Waals surface area (Å²) in [5.74, 6) is -0.708. The molecule has 0 heterocycles. The molecule has 0 rings (SSSR count). The first-order valence-electron chi connectivity index (χ1n) is 12.7. The van der Waals surface area contributed by atoms with Crippen LogP contribution >= 0.6 is 0 Å². The summed E-state index contributed by atoms with van der Waals surface area (Å²) in [5, 5.41) is 0. The van der Waals surface area contributed by atoms with E-state index in [0.717, 1.165) is 0 Å². The molecule has 0 spiro atoms. The van der Waals surface area contributed by atoms with Crippen molar-refractivity contribution in [3.63, 3.8) is 0 Å². The zero-order chi connectivity index (χ0) is 28.0. The third-order valence-electron chi connectivity index (χ3n) is 7.64. The summed E-state index contributed by atoms with van der Waals surface area (Å²) >= 11 is 0. The van der Waals surface area contributed by atoms with Crippen molar-refractivity contribution in [1.29, 1.82) is 0 Å². The van der Waals surface area contributed by atoms with Gasteiger partial charge in [-0.25, -0.2) is 0 Å². The second-order valence-electron chi connectivity index (χ2n) is 11.8. The van der Waals surface area contributed by atoms with Gasteiger partial charge in [-0.05, 0) is 67.7 Å². The van der Waals surface area contributed by atoms with Crippen LogP contribution in [0.2, 0.25) is 0 Å². The van der Waals surface area contributed by atoms with Crippen molar-refractivity contribution in [3.05, 3.63) is 0 Å². The Bertz CT molecular complexity index is 779. The summed E-state index contributed by atoms with van der Waals surface area (Å²) in [4.78, 5) is 51.1. The number of ketones is 4. The molecule has 0 aromatic rings. The summed E-state index contributed by atoms with van der Waals surface area (Å²) in [5.41, 5.74) is -4.87. The number of ether oxygens (including phenoxy) is 3. The molecule has 0 aliphatic heterocycles. The Morgan fingerprint density at radius 3 is 1.57 bits per heavy atom. The molecule has 0 saturated carbocycles. The van der Waals surface area contributed by atoms with Crippen LogP contribution in [0.3, 0.4) is 0 Å². The number of hydrogen-bond donors (Lipinski definition) is 0. The lowest BCUT2D eigenvalue weighted by Gasteiger charge is -2.45. The van der Waals surface area contributed by atoms with E-state index in [1.165, 1.54) is 6.92 Å². The van der Waals surface area contributed by atoms with Gasteiger partial charge < -0.3 is 14.2 Å². The van der Waals surface area contributed by atoms with E-state index in [2.05, 4.69) is 0 Å². The average molecular weight is 499 g/mol. The molecule has 204 valence electrons. The maximum absolute atomic E-state index is 13.7. The van der Waals surface area contributed by atoms with Crippen LogP contribution in [-0.4, -0.2) is 59.3 Å². The molecule has 35 heavy (non-hydrogen) atoms. The molecule has 0 aromatic carbocycles. The lowest BCUT2D eigenvalue weighted by molar-refractivity contribution is -0.181. The molecule has 7 nitrogen and oxygen atoms in total. The fourth-order valence-electron chi connectivity index (χ4n) is 4.08. The van der Waals surface area contributed by atoms with Crippen molar-refractivity contribution >= 4 is 23.1 Å². The van der Waals surface area contributed by atoms with Crippen molar-refractivity contribution in [1.82, 2.24) is 0 Å². The van der Waals surface area contributed by atoms with E-state index in [9.17, 15) is 19.2 Å². The second-order valence-corrected chi connectivity index (χ2v) is 11.8. The first-order valence-corrected chi connectivity index (χ1v) is 12.7. The second kappa shape index (κ2) is 12.2. The number of Topliss-reactive ketones (excluding diaryl/α,β-unsaturated/α-hetero) is 4. The Labute approximate surface area is 213 Å². The van der Waals surface area contributed by atoms with Crippen molar-refractivity contribution in [2.45, 2.75) is 132 Å². The largest absolute Gasteiger partial charge is 0.367 e. The van der Waals surface area contributed by atoms with Crippen LogP contribution < -0.4 is 0 Å².